The van der Waals surface area contributed by atoms with E-state index in [1.54, 1.807) is 35.6 Å². The average molecular weight is 341 g/mol. The molecule has 0 unspecified atom stereocenters. The lowest BCUT2D eigenvalue weighted by atomic mass is 9.96. The molecular weight excluding hydrogens is 325 g/mol. The maximum Gasteiger partial charge on any atom is 0.276 e. The Balaban J connectivity index is 1.43. The van der Waals surface area contributed by atoms with Gasteiger partial charge in [-0.05, 0) is 37.1 Å². The van der Waals surface area contributed by atoms with Crippen LogP contribution in [-0.2, 0) is 0 Å². The number of oxazole rings is 1. The second-order valence-corrected chi connectivity index (χ2v) is 6.02. The Bertz CT molecular complexity index is 850. The molecule has 25 heavy (non-hydrogen) atoms. The smallest absolute Gasteiger partial charge is 0.276 e. The summed E-state index contributed by atoms with van der Waals surface area (Å²) >= 11 is 0. The van der Waals surface area contributed by atoms with Gasteiger partial charge < -0.3 is 13.8 Å². The first kappa shape index (κ1) is 15.6. The maximum absolute atomic E-state index is 13.0. The highest BCUT2D eigenvalue weighted by molar-refractivity contribution is 5.93. The van der Waals surface area contributed by atoms with Crippen LogP contribution in [0.4, 0.5) is 4.39 Å². The Morgan fingerprint density at radius 1 is 1.20 bits per heavy atom. The van der Waals surface area contributed by atoms with Crippen molar-refractivity contribution in [3.05, 3.63) is 60.2 Å². The molecule has 1 amide bonds. The first-order valence-electron chi connectivity index (χ1n) is 8.12. The number of likely N-dealkylation sites (tertiary alicyclic amines) is 1. The second-order valence-electron chi connectivity index (χ2n) is 6.02. The van der Waals surface area contributed by atoms with E-state index >= 15 is 0 Å². The monoisotopic (exact) mass is 341 g/mol. The normalized spacial score (nSPS) is 15.5. The molecule has 0 bridgehead atoms. The topological polar surface area (TPSA) is 72.4 Å². The molecular formula is C18H16FN3O3. The van der Waals surface area contributed by atoms with Gasteiger partial charge >= 0.3 is 0 Å². The Morgan fingerprint density at radius 2 is 1.96 bits per heavy atom. The van der Waals surface area contributed by atoms with Crippen molar-refractivity contribution in [3.8, 4) is 11.3 Å². The van der Waals surface area contributed by atoms with Crippen molar-refractivity contribution < 1.29 is 18.1 Å². The van der Waals surface area contributed by atoms with E-state index < -0.39 is 0 Å². The Morgan fingerprint density at radius 3 is 2.64 bits per heavy atom. The van der Waals surface area contributed by atoms with E-state index in [1.165, 1.54) is 12.1 Å². The highest BCUT2D eigenvalue weighted by atomic mass is 19.1. The predicted molar refractivity (Wildman–Crippen MR) is 86.3 cm³/mol. The molecule has 0 aliphatic carbocycles. The Labute approximate surface area is 143 Å². The van der Waals surface area contributed by atoms with Gasteiger partial charge in [-0.1, -0.05) is 5.16 Å². The number of piperidine rings is 1. The van der Waals surface area contributed by atoms with E-state index in [1.807, 2.05) is 0 Å². The Kier molecular flexibility index (Phi) is 4.05. The van der Waals surface area contributed by atoms with Crippen LogP contribution in [0.25, 0.3) is 11.3 Å². The molecule has 1 aliphatic rings. The van der Waals surface area contributed by atoms with Crippen molar-refractivity contribution in [2.24, 2.45) is 0 Å². The number of amides is 1. The van der Waals surface area contributed by atoms with Crippen LogP contribution in [0, 0.1) is 5.82 Å². The van der Waals surface area contributed by atoms with Crippen LogP contribution in [0.2, 0.25) is 0 Å². The van der Waals surface area contributed by atoms with Crippen LogP contribution in [-0.4, -0.2) is 34.0 Å². The van der Waals surface area contributed by atoms with Crippen molar-refractivity contribution in [1.82, 2.24) is 15.0 Å². The fraction of sp³-hybridized carbons (Fsp3) is 0.278. The van der Waals surface area contributed by atoms with Crippen LogP contribution in [0.3, 0.4) is 0 Å². The van der Waals surface area contributed by atoms with Gasteiger partial charge in [0.25, 0.3) is 5.91 Å². The molecule has 0 N–H and O–H groups in total. The SMILES string of the molecule is O=C(c1cc(-c2ccc(F)cc2)on1)N1CCC(c2ncco2)CC1. The quantitative estimate of drug-likeness (QED) is 0.729. The van der Waals surface area contributed by atoms with Crippen molar-refractivity contribution in [2.75, 3.05) is 13.1 Å². The summed E-state index contributed by atoms with van der Waals surface area (Å²) in [6.07, 6.45) is 4.81. The summed E-state index contributed by atoms with van der Waals surface area (Å²) in [6.45, 7) is 1.23. The molecule has 0 saturated carbocycles. The Hall–Kier alpha value is -2.96. The summed E-state index contributed by atoms with van der Waals surface area (Å²) in [5.41, 5.74) is 0.935. The fourth-order valence-electron chi connectivity index (χ4n) is 3.05. The number of rotatable bonds is 3. The van der Waals surface area contributed by atoms with Gasteiger partial charge in [-0.3, -0.25) is 4.79 Å². The molecule has 1 fully saturated rings. The number of hydrogen-bond acceptors (Lipinski definition) is 5. The molecule has 2 aromatic heterocycles. The summed E-state index contributed by atoms with van der Waals surface area (Å²) < 4.78 is 23.6. The highest BCUT2D eigenvalue weighted by Crippen LogP contribution is 2.28. The number of carbonyl (C=O) groups excluding carboxylic acids is 1. The minimum Gasteiger partial charge on any atom is -0.449 e. The van der Waals surface area contributed by atoms with E-state index in [4.69, 9.17) is 8.94 Å². The number of hydrogen-bond donors (Lipinski definition) is 0. The predicted octanol–water partition coefficient (Wildman–Crippen LogP) is 3.49. The molecule has 128 valence electrons. The van der Waals surface area contributed by atoms with E-state index in [2.05, 4.69) is 10.1 Å². The second kappa shape index (κ2) is 6.51. The molecule has 4 rings (SSSR count). The average Bonchev–Trinajstić information content (AvgIpc) is 3.34. The zero-order valence-corrected chi connectivity index (χ0v) is 13.4. The van der Waals surface area contributed by atoms with Crippen molar-refractivity contribution in [2.45, 2.75) is 18.8 Å². The van der Waals surface area contributed by atoms with Gasteiger partial charge in [0.1, 0.15) is 12.1 Å². The number of nitrogens with zero attached hydrogens (tertiary/aromatic N) is 3. The highest BCUT2D eigenvalue weighted by Gasteiger charge is 2.28. The molecule has 0 radical (unpaired) electrons. The lowest BCUT2D eigenvalue weighted by molar-refractivity contribution is 0.0696. The van der Waals surface area contributed by atoms with E-state index in [-0.39, 0.29) is 23.3 Å². The summed E-state index contributed by atoms with van der Waals surface area (Å²) in [5, 5.41) is 3.87. The van der Waals surface area contributed by atoms with Crippen LogP contribution in [0.5, 0.6) is 0 Å². The van der Waals surface area contributed by atoms with Gasteiger partial charge in [0.15, 0.2) is 17.3 Å². The third-order valence-corrected chi connectivity index (χ3v) is 4.44. The van der Waals surface area contributed by atoms with Crippen molar-refractivity contribution in [1.29, 1.82) is 0 Å². The zero-order valence-electron chi connectivity index (χ0n) is 13.4. The van der Waals surface area contributed by atoms with Gasteiger partial charge in [-0.2, -0.15) is 0 Å². The number of aromatic nitrogens is 2. The standard InChI is InChI=1S/C18H16FN3O3/c19-14-3-1-12(2-4-14)16-11-15(21-25-16)18(23)22-8-5-13(6-9-22)17-20-7-10-24-17/h1-4,7,10-11,13H,5-6,8-9H2. The first-order chi connectivity index (χ1) is 12.2. The molecule has 1 aromatic carbocycles. The summed E-state index contributed by atoms with van der Waals surface area (Å²) in [7, 11) is 0. The number of benzene rings is 1. The summed E-state index contributed by atoms with van der Waals surface area (Å²) in [6, 6.07) is 7.45. The van der Waals surface area contributed by atoms with Crippen molar-refractivity contribution >= 4 is 5.91 Å². The van der Waals surface area contributed by atoms with Crippen LogP contribution >= 0.6 is 0 Å². The molecule has 0 spiro atoms. The number of carbonyl (C=O) groups is 1. The summed E-state index contributed by atoms with van der Waals surface area (Å²) in [4.78, 5) is 18.5. The maximum atomic E-state index is 13.0. The van der Waals surface area contributed by atoms with Crippen LogP contribution < -0.4 is 0 Å². The molecule has 1 aliphatic heterocycles. The van der Waals surface area contributed by atoms with Crippen LogP contribution in [0.1, 0.15) is 35.1 Å². The minimum absolute atomic E-state index is 0.164. The fourth-order valence-corrected chi connectivity index (χ4v) is 3.05. The summed E-state index contributed by atoms with van der Waals surface area (Å²) in [5.74, 6) is 0.924. The van der Waals surface area contributed by atoms with Gasteiger partial charge in [0, 0.05) is 30.6 Å². The molecule has 1 saturated heterocycles. The molecule has 3 heterocycles. The lowest BCUT2D eigenvalue weighted by Gasteiger charge is -2.29. The molecule has 6 nitrogen and oxygen atoms in total. The van der Waals surface area contributed by atoms with E-state index in [0.717, 1.165) is 18.7 Å². The third kappa shape index (κ3) is 3.17. The molecule has 7 heteroatoms. The lowest BCUT2D eigenvalue weighted by Crippen LogP contribution is -2.38. The molecule has 3 aromatic rings. The largest absolute Gasteiger partial charge is 0.449 e. The number of halogens is 1. The minimum atomic E-state index is -0.325. The van der Waals surface area contributed by atoms with Gasteiger partial charge in [-0.15, -0.1) is 0 Å². The van der Waals surface area contributed by atoms with Gasteiger partial charge in [-0.25, -0.2) is 9.37 Å². The van der Waals surface area contributed by atoms with Gasteiger partial charge in [0.2, 0.25) is 0 Å². The van der Waals surface area contributed by atoms with E-state index in [9.17, 15) is 9.18 Å². The van der Waals surface area contributed by atoms with Crippen molar-refractivity contribution in [3.63, 3.8) is 0 Å². The molecule has 0 atom stereocenters. The van der Waals surface area contributed by atoms with Crippen LogP contribution in [0.15, 0.2) is 51.7 Å². The third-order valence-electron chi connectivity index (χ3n) is 4.44. The van der Waals surface area contributed by atoms with E-state index in [0.29, 0.717) is 24.4 Å². The van der Waals surface area contributed by atoms with Gasteiger partial charge in [0.05, 0.1) is 6.20 Å². The first-order valence-corrected chi connectivity index (χ1v) is 8.12. The zero-order chi connectivity index (χ0) is 17.2.